The van der Waals surface area contributed by atoms with Crippen molar-refractivity contribution in [3.8, 4) is 0 Å². The molecule has 0 unspecified atom stereocenters. The van der Waals surface area contributed by atoms with Crippen molar-refractivity contribution in [3.63, 3.8) is 0 Å². The average Bonchev–Trinajstić information content (AvgIpc) is 1.56. The Kier molecular flexibility index (Phi) is 29.3. The Bertz CT molecular complexity index is 7050. The summed E-state index contributed by atoms with van der Waals surface area (Å²) in [7, 11) is -36.7. The van der Waals surface area contributed by atoms with Crippen LogP contribution in [0.25, 0.3) is 21.5 Å². The standard InChI is InChI=1S/C87H98N6O25S7.O3S/c1-84(2)67-47-56(29-35-69(67)91(42-21-45-119(98,99)100)75(84)23-13-9-14-24-76-85(3,4)68-52-61(122(107,108)109)33-37-70(68)90(76)40-20-12-18-28-80(95)96)54-88-83(97)59-48-58-39-44-89(55-66(58)73(49-59)124(113,114)115)79(94)27-17-11-19-41-92-72-38-34-63-65(51-62(123(110,111)112)53-74(63)125(116,117)118)82(72)87(7,8)78(92)26-16-10-15-25-77-86(5,6)81-64-50-60(121(104,105)106)32-30-57(64)31-36-71(81)93(77)43-22-46-120(101,102)103;1-4(2)3/h9-10,13-16,23-26,29-38,47-53H,11-12,17-22,27-28,39-46,54-55H2,1-8H3,(H7-2,88,95,96,97,98,99,100,101,102,103,104,105,106,107,108,109,110,111,112,113,114,115,116,117,118);. The number of unbranched alkanes of at least 4 members (excludes halogenated alkanes) is 4. The predicted molar refractivity (Wildman–Crippen MR) is 478 cm³/mol. The summed E-state index contributed by atoms with van der Waals surface area (Å²) < 4.78 is 279. The molecule has 34 nitrogen and oxygen atoms in total. The topological polar surface area (TPSA) is 537 Å². The molecule has 2 amide bonds. The van der Waals surface area contributed by atoms with Crippen molar-refractivity contribution in [2.75, 3.05) is 54.0 Å². The first-order chi connectivity index (χ1) is 59.8. The zero-order valence-electron chi connectivity index (χ0n) is 71.4. The van der Waals surface area contributed by atoms with E-state index in [9.17, 15) is 110 Å². The molecule has 0 fully saturated rings. The van der Waals surface area contributed by atoms with E-state index in [2.05, 4.69) is 5.32 Å². The second-order valence-electron chi connectivity index (χ2n) is 34.0. The summed E-state index contributed by atoms with van der Waals surface area (Å²) in [6.07, 6.45) is 20.8. The number of benzene rings is 7. The van der Waals surface area contributed by atoms with Gasteiger partial charge in [-0.3, -0.25) is 37.1 Å². The first-order valence-corrected chi connectivity index (χ1v) is 52.1. The maximum Gasteiger partial charge on any atom is 0.425 e. The summed E-state index contributed by atoms with van der Waals surface area (Å²) in [5.74, 6) is -3.22. The first-order valence-electron chi connectivity index (χ1n) is 40.7. The SMILES string of the molecule is CC1(C)C(=CC=CC=CC2=[N+](CCCCCC(=O)O)c3ccc(S(=O)(=O)O)cc3C2(C)C)N(CCCS(=O)(=O)[O-])c2ccc(CNC(=O)c3cc4c(c(S(=O)(=O)O)c3)CN(C(=O)CCCCC[N+]3=C(C=CC=CC=C5N(CCCS(=O)(=O)[O-])c6ccc7ccc(S(=O)(=O)O)cc7c6C5(C)C)C(C)(C)c5c3ccc3c(S(=O)(=O)O)cc(S(=O)(=O)O)cc53)CC4)cc21.O=S(=O)=O. The van der Waals surface area contributed by atoms with Gasteiger partial charge < -0.3 is 34.2 Å². The van der Waals surface area contributed by atoms with Crippen LogP contribution in [0.3, 0.4) is 0 Å². The molecule has 692 valence electrons. The molecule has 0 aliphatic carbocycles. The number of aliphatic carboxylic acids is 1. The Labute approximate surface area is 750 Å². The molecule has 0 bridgehead atoms. The van der Waals surface area contributed by atoms with Crippen LogP contribution in [0.2, 0.25) is 0 Å². The van der Waals surface area contributed by atoms with E-state index in [1.165, 1.54) is 41.3 Å². The van der Waals surface area contributed by atoms with Gasteiger partial charge in [0.2, 0.25) is 17.3 Å². The molecule has 7 aromatic carbocycles. The molecule has 0 atom stereocenters. The average molecular weight is 1930 g/mol. The number of carbonyl (C=O) groups is 3. The lowest BCUT2D eigenvalue weighted by Crippen LogP contribution is -2.37. The summed E-state index contributed by atoms with van der Waals surface area (Å²) in [6.45, 7) is 15.9. The van der Waals surface area contributed by atoms with Crippen molar-refractivity contribution < 1.29 is 132 Å². The Morgan fingerprint density at radius 1 is 0.481 bits per heavy atom. The van der Waals surface area contributed by atoms with Gasteiger partial charge in [0.25, 0.3) is 56.5 Å². The number of carboxylic acids is 1. The molecule has 0 radical (unpaired) electrons. The quantitative estimate of drug-likeness (QED) is 0.00852. The largest absolute Gasteiger partial charge is 0.748 e. The van der Waals surface area contributed by atoms with Crippen LogP contribution < -0.4 is 15.1 Å². The molecule has 7 aromatic rings. The Morgan fingerprint density at radius 2 is 0.992 bits per heavy atom. The number of amides is 2. The number of carbonyl (C=O) groups excluding carboxylic acids is 2. The lowest BCUT2D eigenvalue weighted by molar-refractivity contribution is -0.438. The van der Waals surface area contributed by atoms with Crippen molar-refractivity contribution in [1.29, 1.82) is 0 Å². The van der Waals surface area contributed by atoms with Crippen molar-refractivity contribution >= 4 is 155 Å². The minimum Gasteiger partial charge on any atom is -0.748 e. The van der Waals surface area contributed by atoms with Crippen LogP contribution in [-0.4, -0.2) is 196 Å². The highest BCUT2D eigenvalue weighted by Crippen LogP contribution is 2.53. The van der Waals surface area contributed by atoms with Crippen LogP contribution in [0.15, 0.2) is 200 Å². The van der Waals surface area contributed by atoms with E-state index in [0.717, 1.165) is 34.8 Å². The summed E-state index contributed by atoms with van der Waals surface area (Å²) in [5.41, 5.74) is 5.45. The Balaban J connectivity index is 0.00000394. The molecule has 7 N–H and O–H groups in total. The van der Waals surface area contributed by atoms with Crippen LogP contribution >= 0.6 is 0 Å². The second kappa shape index (κ2) is 38.0. The van der Waals surface area contributed by atoms with Crippen LogP contribution in [0, 0.1) is 0 Å². The lowest BCUT2D eigenvalue weighted by Gasteiger charge is -2.30. The van der Waals surface area contributed by atoms with Gasteiger partial charge in [-0.1, -0.05) is 88.4 Å². The van der Waals surface area contributed by atoms with E-state index in [1.54, 1.807) is 78.9 Å². The number of carboxylic acid groups (broad SMARTS) is 1. The third-order valence-electron chi connectivity index (χ3n) is 23.9. The van der Waals surface area contributed by atoms with Crippen LogP contribution in [0.1, 0.15) is 169 Å². The Morgan fingerprint density at radius 3 is 1.56 bits per heavy atom. The number of allylic oxidation sites excluding steroid dienone is 12. The second-order valence-corrected chi connectivity index (χ2v) is 44.5. The summed E-state index contributed by atoms with van der Waals surface area (Å²) in [6, 6.07) is 25.0. The van der Waals surface area contributed by atoms with Crippen molar-refractivity contribution in [2.45, 2.75) is 185 Å². The molecular weight excluding hydrogens is 1830 g/mol. The van der Waals surface area contributed by atoms with Crippen LogP contribution in [0.4, 0.5) is 22.7 Å². The monoisotopic (exact) mass is 1930 g/mol. The number of nitrogens with zero attached hydrogens (tertiary/aromatic N) is 5. The highest BCUT2D eigenvalue weighted by Gasteiger charge is 2.49. The molecule has 0 saturated heterocycles. The fourth-order valence-corrected chi connectivity index (χ4v) is 22.0. The lowest BCUT2D eigenvalue weighted by atomic mass is 9.79. The van der Waals surface area contributed by atoms with Crippen molar-refractivity contribution in [1.82, 2.24) is 10.2 Å². The molecule has 5 aliphatic heterocycles. The highest BCUT2D eigenvalue weighted by molar-refractivity contribution is 7.87. The minimum absolute atomic E-state index is 0.00213. The third-order valence-corrected chi connectivity index (χ3v) is 29.8. The number of nitrogens with one attached hydrogen (secondary N) is 1. The van der Waals surface area contributed by atoms with Crippen molar-refractivity contribution in [3.05, 3.63) is 220 Å². The van der Waals surface area contributed by atoms with Gasteiger partial charge in [-0.05, 0) is 195 Å². The maximum absolute atomic E-state index is 14.2. The first kappa shape index (κ1) is 99.4. The molecule has 42 heteroatoms. The van der Waals surface area contributed by atoms with Gasteiger partial charge >= 0.3 is 16.6 Å². The van der Waals surface area contributed by atoms with Gasteiger partial charge in [-0.15, -0.1) is 12.6 Å². The van der Waals surface area contributed by atoms with E-state index in [4.69, 9.17) is 12.6 Å². The highest BCUT2D eigenvalue weighted by atomic mass is 32.2. The van der Waals surface area contributed by atoms with Crippen molar-refractivity contribution in [2.24, 2.45) is 0 Å². The summed E-state index contributed by atoms with van der Waals surface area (Å²) >= 11 is 0. The van der Waals surface area contributed by atoms with Gasteiger partial charge in [0.15, 0.2) is 11.4 Å². The van der Waals surface area contributed by atoms with Gasteiger partial charge in [-0.25, -0.2) is 16.8 Å². The molecule has 0 saturated carbocycles. The fraction of sp³-hybridized carbons (Fsp3) is 0.368. The number of rotatable bonds is 34. The van der Waals surface area contributed by atoms with Gasteiger partial charge in [0.1, 0.15) is 18.0 Å². The number of hydrogen-bond donors (Lipinski definition) is 7. The Hall–Kier alpha value is -10.2. The molecule has 5 aliphatic rings. The normalized spacial score (nSPS) is 17.3. The third kappa shape index (κ3) is 22.5. The van der Waals surface area contributed by atoms with Gasteiger partial charge in [-0.2, -0.15) is 51.2 Å². The maximum atomic E-state index is 14.2. The zero-order chi connectivity index (χ0) is 95.1. The van der Waals surface area contributed by atoms with E-state index in [0.29, 0.717) is 118 Å². The number of anilines is 2. The smallest absolute Gasteiger partial charge is 0.425 e. The molecule has 0 aromatic heterocycles. The molecule has 0 spiro atoms. The predicted octanol–water partition coefficient (Wildman–Crippen LogP) is 11.2. The van der Waals surface area contributed by atoms with E-state index in [-0.39, 0.29) is 109 Å². The van der Waals surface area contributed by atoms with E-state index in [1.807, 2.05) is 105 Å². The molecule has 129 heavy (non-hydrogen) atoms. The van der Waals surface area contributed by atoms with Gasteiger partial charge in [0, 0.05) is 150 Å². The molecule has 12 rings (SSSR count). The fourth-order valence-electron chi connectivity index (χ4n) is 17.9. The van der Waals surface area contributed by atoms with Crippen LogP contribution in [-0.2, 0) is 132 Å². The molecule has 5 heterocycles. The number of fused-ring (bicyclic) bond motifs is 9. The summed E-state index contributed by atoms with van der Waals surface area (Å²) in [4.78, 5) is 42.1. The minimum atomic E-state index is -5.10. The van der Waals surface area contributed by atoms with E-state index < -0.39 is 141 Å². The number of hydrogen-bond acceptors (Lipinski definition) is 24. The molecular formula is C87H98N6O28S8. The van der Waals surface area contributed by atoms with Crippen LogP contribution in [0.5, 0.6) is 0 Å². The van der Waals surface area contributed by atoms with Gasteiger partial charge in [0.05, 0.1) is 50.6 Å². The zero-order valence-corrected chi connectivity index (χ0v) is 77.9. The summed E-state index contributed by atoms with van der Waals surface area (Å²) in [5, 5.41) is 13.3. The van der Waals surface area contributed by atoms with E-state index >= 15 is 0 Å².